The molecule has 25 heavy (non-hydrogen) atoms. The molecule has 0 spiro atoms. The van der Waals surface area contributed by atoms with Gasteiger partial charge < -0.3 is 10.6 Å². The number of nitrogens with two attached hydrogens (primary N) is 1. The van der Waals surface area contributed by atoms with Crippen LogP contribution in [0.15, 0.2) is 42.7 Å². The van der Waals surface area contributed by atoms with Gasteiger partial charge in [0.05, 0.1) is 12.2 Å². The quantitative estimate of drug-likeness (QED) is 0.795. The Balaban J connectivity index is 1.59. The van der Waals surface area contributed by atoms with Crippen molar-refractivity contribution >= 4 is 17.4 Å². The number of anilines is 1. The predicted octanol–water partition coefficient (Wildman–Crippen LogP) is 2.16. The van der Waals surface area contributed by atoms with Gasteiger partial charge in [-0.2, -0.15) is 5.10 Å². The maximum atomic E-state index is 13.7. The fourth-order valence-corrected chi connectivity index (χ4v) is 4.01. The molecule has 1 amide bonds. The Morgan fingerprint density at radius 2 is 2.20 bits per heavy atom. The fourth-order valence-electron chi connectivity index (χ4n) is 4.01. The molecular weight excluding hydrogens is 321 g/mol. The third kappa shape index (κ3) is 2.19. The highest BCUT2D eigenvalue weighted by Gasteiger charge is 2.53. The van der Waals surface area contributed by atoms with Crippen molar-refractivity contribution in [1.82, 2.24) is 14.6 Å². The molecule has 2 aromatic heterocycles. The second-order valence-electron chi connectivity index (χ2n) is 6.79. The van der Waals surface area contributed by atoms with Crippen LogP contribution in [0.4, 0.5) is 10.2 Å². The summed E-state index contributed by atoms with van der Waals surface area (Å²) < 4.78 is 15.2. The summed E-state index contributed by atoms with van der Waals surface area (Å²) in [5.41, 5.74) is 7.12. The van der Waals surface area contributed by atoms with E-state index in [0.29, 0.717) is 23.0 Å². The van der Waals surface area contributed by atoms with Gasteiger partial charge in [0.2, 0.25) is 0 Å². The molecule has 2 fully saturated rings. The minimum Gasteiger partial charge on any atom is -0.365 e. The average molecular weight is 337 g/mol. The van der Waals surface area contributed by atoms with Gasteiger partial charge in [0.15, 0.2) is 5.65 Å². The number of carbonyl (C=O) groups is 1. The number of benzene rings is 1. The molecule has 2 aliphatic rings. The average Bonchev–Trinajstić information content (AvgIpc) is 3.06. The summed E-state index contributed by atoms with van der Waals surface area (Å²) in [6.07, 6.45) is 4.37. The number of hydrogen-bond donors (Lipinski definition) is 1. The molecule has 3 heterocycles. The van der Waals surface area contributed by atoms with Gasteiger partial charge in [-0.1, -0.05) is 12.1 Å². The van der Waals surface area contributed by atoms with Crippen LogP contribution in [0.2, 0.25) is 0 Å². The van der Waals surface area contributed by atoms with Gasteiger partial charge in [0.25, 0.3) is 5.91 Å². The standard InChI is InChI=1S/C18H16FN5O/c19-12-3-1-2-10(6-12)16-13-7-11(13)9-23(16)15-4-5-24-18(22-15)14(8-21-24)17(20)25/h1-6,8,11,13,16H,7,9H2,(H2,20,25)/t11-,13-,16?/m1/s1. The molecule has 1 aromatic carbocycles. The van der Waals surface area contributed by atoms with E-state index >= 15 is 0 Å². The van der Waals surface area contributed by atoms with Crippen LogP contribution in [0.1, 0.15) is 28.4 Å². The van der Waals surface area contributed by atoms with Crippen LogP contribution in [0, 0.1) is 17.7 Å². The van der Waals surface area contributed by atoms with Crippen LogP contribution >= 0.6 is 0 Å². The molecule has 7 heteroatoms. The molecule has 1 aliphatic carbocycles. The van der Waals surface area contributed by atoms with Gasteiger partial charge in [-0.15, -0.1) is 0 Å². The van der Waals surface area contributed by atoms with Gasteiger partial charge in [0.1, 0.15) is 17.2 Å². The minimum absolute atomic E-state index is 0.107. The molecule has 126 valence electrons. The van der Waals surface area contributed by atoms with E-state index in [0.717, 1.165) is 17.9 Å². The van der Waals surface area contributed by atoms with Gasteiger partial charge in [-0.3, -0.25) is 4.79 Å². The third-order valence-corrected chi connectivity index (χ3v) is 5.25. The molecule has 0 bridgehead atoms. The lowest BCUT2D eigenvalue weighted by molar-refractivity contribution is 0.100. The first-order valence-electron chi connectivity index (χ1n) is 8.28. The summed E-state index contributed by atoms with van der Waals surface area (Å²) >= 11 is 0. The van der Waals surface area contributed by atoms with Crippen molar-refractivity contribution < 1.29 is 9.18 Å². The molecule has 0 radical (unpaired) electrons. The van der Waals surface area contributed by atoms with Crippen molar-refractivity contribution in [2.24, 2.45) is 17.6 Å². The van der Waals surface area contributed by atoms with Crippen molar-refractivity contribution in [3.05, 3.63) is 59.7 Å². The SMILES string of the molecule is NC(=O)c1cnn2ccc(N3C[C@H]4C[C@H]4C3c3cccc(F)c3)nc12. The summed E-state index contributed by atoms with van der Waals surface area (Å²) in [5, 5.41) is 4.11. The van der Waals surface area contributed by atoms with E-state index in [9.17, 15) is 9.18 Å². The van der Waals surface area contributed by atoms with E-state index in [-0.39, 0.29) is 11.9 Å². The number of carbonyl (C=O) groups excluding carboxylic acids is 1. The molecule has 6 nitrogen and oxygen atoms in total. The number of rotatable bonds is 3. The van der Waals surface area contributed by atoms with Crippen molar-refractivity contribution in [1.29, 1.82) is 0 Å². The Kier molecular flexibility index (Phi) is 2.89. The number of aromatic nitrogens is 3. The zero-order valence-corrected chi connectivity index (χ0v) is 13.3. The summed E-state index contributed by atoms with van der Waals surface area (Å²) in [5.74, 6) is 1.13. The molecule has 3 aromatic rings. The molecule has 1 aliphatic heterocycles. The van der Waals surface area contributed by atoms with E-state index < -0.39 is 5.91 Å². The van der Waals surface area contributed by atoms with Gasteiger partial charge in [-0.25, -0.2) is 13.9 Å². The highest BCUT2D eigenvalue weighted by molar-refractivity contribution is 5.98. The molecule has 1 saturated heterocycles. The van der Waals surface area contributed by atoms with Gasteiger partial charge in [-0.05, 0) is 42.0 Å². The number of halogens is 1. The Labute approximate surface area is 143 Å². The number of primary amides is 1. The number of nitrogens with zero attached hydrogens (tertiary/aromatic N) is 4. The first-order valence-corrected chi connectivity index (χ1v) is 8.28. The molecule has 2 N–H and O–H groups in total. The largest absolute Gasteiger partial charge is 0.365 e. The lowest BCUT2D eigenvalue weighted by atomic mass is 10.0. The zero-order valence-electron chi connectivity index (χ0n) is 13.3. The van der Waals surface area contributed by atoms with E-state index in [1.54, 1.807) is 18.3 Å². The topological polar surface area (TPSA) is 76.5 Å². The van der Waals surface area contributed by atoms with E-state index in [1.165, 1.54) is 23.2 Å². The summed E-state index contributed by atoms with van der Waals surface area (Å²) in [7, 11) is 0. The lowest BCUT2D eigenvalue weighted by Crippen LogP contribution is -2.27. The summed E-state index contributed by atoms with van der Waals surface area (Å²) in [6, 6.07) is 8.76. The molecule has 3 atom stereocenters. The van der Waals surface area contributed by atoms with Crippen LogP contribution in [-0.2, 0) is 0 Å². The Morgan fingerprint density at radius 3 is 3.00 bits per heavy atom. The van der Waals surface area contributed by atoms with Crippen molar-refractivity contribution in [2.45, 2.75) is 12.5 Å². The lowest BCUT2D eigenvalue weighted by Gasteiger charge is -2.29. The second-order valence-corrected chi connectivity index (χ2v) is 6.79. The fraction of sp³-hybridized carbons (Fsp3) is 0.278. The van der Waals surface area contributed by atoms with Crippen molar-refractivity contribution in [3.63, 3.8) is 0 Å². The van der Waals surface area contributed by atoms with E-state index in [2.05, 4.69) is 15.0 Å². The molecule has 1 saturated carbocycles. The highest BCUT2D eigenvalue weighted by Crippen LogP contribution is 2.57. The first kappa shape index (κ1) is 14.4. The predicted molar refractivity (Wildman–Crippen MR) is 89.6 cm³/mol. The maximum Gasteiger partial charge on any atom is 0.254 e. The van der Waals surface area contributed by atoms with Crippen LogP contribution in [0.5, 0.6) is 0 Å². The molecular formula is C18H16FN5O. The van der Waals surface area contributed by atoms with Crippen LogP contribution < -0.4 is 10.6 Å². The van der Waals surface area contributed by atoms with Gasteiger partial charge in [0, 0.05) is 12.7 Å². The summed E-state index contributed by atoms with van der Waals surface area (Å²) in [6.45, 7) is 0.884. The normalized spacial score (nSPS) is 24.5. The van der Waals surface area contributed by atoms with Crippen LogP contribution in [-0.4, -0.2) is 27.0 Å². The van der Waals surface area contributed by atoms with Gasteiger partial charge >= 0.3 is 0 Å². The maximum absolute atomic E-state index is 13.7. The number of amides is 1. The van der Waals surface area contributed by atoms with Crippen LogP contribution in [0.25, 0.3) is 5.65 Å². The smallest absolute Gasteiger partial charge is 0.254 e. The summed E-state index contributed by atoms with van der Waals surface area (Å²) in [4.78, 5) is 18.4. The Hall–Kier alpha value is -2.96. The Bertz CT molecular complexity index is 1000. The molecule has 1 unspecified atom stereocenters. The number of fused-ring (bicyclic) bond motifs is 2. The zero-order chi connectivity index (χ0) is 17.1. The highest BCUT2D eigenvalue weighted by atomic mass is 19.1. The van der Waals surface area contributed by atoms with E-state index in [4.69, 9.17) is 5.73 Å². The molecule has 5 rings (SSSR count). The van der Waals surface area contributed by atoms with E-state index in [1.807, 2.05) is 12.1 Å². The monoisotopic (exact) mass is 337 g/mol. The Morgan fingerprint density at radius 1 is 1.32 bits per heavy atom. The minimum atomic E-state index is -0.550. The first-order chi connectivity index (χ1) is 12.1. The third-order valence-electron chi connectivity index (χ3n) is 5.25. The number of hydrogen-bond acceptors (Lipinski definition) is 4. The van der Waals surface area contributed by atoms with Crippen LogP contribution in [0.3, 0.4) is 0 Å². The van der Waals surface area contributed by atoms with Crippen molar-refractivity contribution in [2.75, 3.05) is 11.4 Å². The van der Waals surface area contributed by atoms with Crippen molar-refractivity contribution in [3.8, 4) is 0 Å². The number of piperidine rings is 1. The second kappa shape index (κ2) is 5.02.